The van der Waals surface area contributed by atoms with Crippen LogP contribution in [0.25, 0.3) is 0 Å². The van der Waals surface area contributed by atoms with E-state index in [9.17, 15) is 9.90 Å². The molecule has 3 rings (SSSR count). The third-order valence-corrected chi connectivity index (χ3v) is 7.82. The van der Waals surface area contributed by atoms with Crippen LogP contribution in [0.5, 0.6) is 0 Å². The standard InChI is InChI=1S/C20H32O2.C2H4O2/c1-12-6-7-14-15(16(12)11-21)10-20(5)9-8-13(2)17(18(14)22)19(20,3)4;1-2(3)4/h12,14-16,21H,6-11H2,1-5H3;3-4H,1H2/t12?,14?,15?,16-,20+;/m1./s1. The number of hydrogen-bond donors (Lipinski definition) is 3. The summed E-state index contributed by atoms with van der Waals surface area (Å²) in [5.41, 5.74) is 2.61. The van der Waals surface area contributed by atoms with Crippen molar-refractivity contribution in [1.82, 2.24) is 0 Å². The lowest BCUT2D eigenvalue weighted by Crippen LogP contribution is -2.42. The average Bonchev–Trinajstić information content (AvgIpc) is 2.54. The number of aliphatic hydroxyl groups excluding tert-OH is 2. The third-order valence-electron chi connectivity index (χ3n) is 7.82. The number of fused-ring (bicyclic) bond motifs is 3. The minimum Gasteiger partial charge on any atom is -0.482 e. The van der Waals surface area contributed by atoms with Crippen molar-refractivity contribution in [2.24, 2.45) is 34.5 Å². The molecule has 0 spiro atoms. The van der Waals surface area contributed by atoms with Crippen molar-refractivity contribution in [3.63, 3.8) is 0 Å². The summed E-state index contributed by atoms with van der Waals surface area (Å²) in [7, 11) is 0. The summed E-state index contributed by atoms with van der Waals surface area (Å²) >= 11 is 0. The van der Waals surface area contributed by atoms with E-state index in [1.54, 1.807) is 0 Å². The molecule has 26 heavy (non-hydrogen) atoms. The molecule has 0 aliphatic heterocycles. The molecule has 4 nitrogen and oxygen atoms in total. The van der Waals surface area contributed by atoms with Gasteiger partial charge < -0.3 is 15.3 Å². The molecule has 3 aliphatic rings. The molecule has 0 aromatic carbocycles. The molecule has 3 N–H and O–H groups in total. The van der Waals surface area contributed by atoms with E-state index < -0.39 is 5.95 Å². The second kappa shape index (κ2) is 7.38. The molecule has 2 fully saturated rings. The third kappa shape index (κ3) is 3.45. The quantitative estimate of drug-likeness (QED) is 0.576. The SMILES string of the molecule is C=C(O)O.CC1=C2C(=O)C3CCC(C)[C@@H](CO)C3C[C@](C)(CC1)C2(C)C. The summed E-state index contributed by atoms with van der Waals surface area (Å²) in [4.78, 5) is 13.4. The molecule has 2 bridgehead atoms. The van der Waals surface area contributed by atoms with Crippen LogP contribution in [-0.2, 0) is 4.79 Å². The molecular weight excluding hydrogens is 328 g/mol. The van der Waals surface area contributed by atoms with E-state index in [1.165, 1.54) is 12.0 Å². The van der Waals surface area contributed by atoms with Gasteiger partial charge in [0.2, 0.25) is 0 Å². The first-order chi connectivity index (χ1) is 12.0. The highest BCUT2D eigenvalue weighted by Crippen LogP contribution is 2.62. The van der Waals surface area contributed by atoms with Crippen LogP contribution in [0.1, 0.15) is 66.7 Å². The Morgan fingerprint density at radius 2 is 1.81 bits per heavy atom. The van der Waals surface area contributed by atoms with Crippen LogP contribution >= 0.6 is 0 Å². The fourth-order valence-electron chi connectivity index (χ4n) is 5.84. The van der Waals surface area contributed by atoms with E-state index in [-0.39, 0.29) is 23.4 Å². The smallest absolute Gasteiger partial charge is 0.266 e. The number of aliphatic hydroxyl groups is 3. The van der Waals surface area contributed by atoms with Crippen LogP contribution in [-0.4, -0.2) is 27.7 Å². The lowest BCUT2D eigenvalue weighted by Gasteiger charge is -2.50. The molecule has 0 aromatic rings. The number of hydrogen-bond acceptors (Lipinski definition) is 4. The predicted molar refractivity (Wildman–Crippen MR) is 104 cm³/mol. The second-order valence-electron chi connectivity index (χ2n) is 9.50. The molecule has 0 saturated heterocycles. The van der Waals surface area contributed by atoms with Crippen LogP contribution in [0.3, 0.4) is 0 Å². The summed E-state index contributed by atoms with van der Waals surface area (Å²) < 4.78 is 0. The fraction of sp³-hybridized carbons (Fsp3) is 0.773. The summed E-state index contributed by atoms with van der Waals surface area (Å²) in [5.74, 6) is 0.946. The number of carbonyl (C=O) groups excluding carboxylic acids is 1. The fourth-order valence-corrected chi connectivity index (χ4v) is 5.84. The van der Waals surface area contributed by atoms with Crippen LogP contribution in [0, 0.1) is 34.5 Å². The minimum atomic E-state index is -0.833. The van der Waals surface area contributed by atoms with Crippen molar-refractivity contribution in [1.29, 1.82) is 0 Å². The average molecular weight is 365 g/mol. The van der Waals surface area contributed by atoms with Gasteiger partial charge in [0, 0.05) is 18.1 Å². The highest BCUT2D eigenvalue weighted by Gasteiger charge is 2.56. The summed E-state index contributed by atoms with van der Waals surface area (Å²) in [6.07, 6.45) is 5.45. The lowest BCUT2D eigenvalue weighted by atomic mass is 9.54. The first-order valence-electron chi connectivity index (χ1n) is 9.88. The molecule has 0 heterocycles. The maximum Gasteiger partial charge on any atom is 0.266 e. The Morgan fingerprint density at radius 1 is 1.23 bits per heavy atom. The number of Topliss-reactive ketones (excluding diaryl/α,β-unsaturated/α-hetero) is 1. The number of carbonyl (C=O) groups is 1. The Labute approximate surface area is 158 Å². The van der Waals surface area contributed by atoms with E-state index in [1.807, 2.05) is 0 Å². The van der Waals surface area contributed by atoms with E-state index in [2.05, 4.69) is 41.2 Å². The first-order valence-corrected chi connectivity index (χ1v) is 9.88. The Morgan fingerprint density at radius 3 is 2.35 bits per heavy atom. The zero-order valence-corrected chi connectivity index (χ0v) is 17.0. The molecule has 148 valence electrons. The molecule has 5 atom stereocenters. The number of allylic oxidation sites excluding steroid dienone is 2. The van der Waals surface area contributed by atoms with Gasteiger partial charge in [-0.3, -0.25) is 4.79 Å². The van der Waals surface area contributed by atoms with E-state index in [0.29, 0.717) is 23.5 Å². The van der Waals surface area contributed by atoms with Crippen molar-refractivity contribution in [2.75, 3.05) is 6.61 Å². The van der Waals surface area contributed by atoms with E-state index in [0.717, 1.165) is 31.3 Å². The summed E-state index contributed by atoms with van der Waals surface area (Å²) in [5, 5.41) is 24.8. The maximum absolute atomic E-state index is 13.4. The maximum atomic E-state index is 13.4. The van der Waals surface area contributed by atoms with Crippen LogP contribution in [0.4, 0.5) is 0 Å². The van der Waals surface area contributed by atoms with Crippen molar-refractivity contribution < 1.29 is 20.1 Å². The van der Waals surface area contributed by atoms with Gasteiger partial charge in [-0.2, -0.15) is 0 Å². The Kier molecular flexibility index (Phi) is 5.96. The van der Waals surface area contributed by atoms with Gasteiger partial charge in [0.15, 0.2) is 5.78 Å². The zero-order chi connectivity index (χ0) is 19.9. The largest absolute Gasteiger partial charge is 0.482 e. The topological polar surface area (TPSA) is 77.8 Å². The van der Waals surface area contributed by atoms with Crippen molar-refractivity contribution in [3.05, 3.63) is 23.7 Å². The molecule has 0 radical (unpaired) electrons. The molecule has 4 heteroatoms. The molecule has 2 saturated carbocycles. The van der Waals surface area contributed by atoms with E-state index in [4.69, 9.17) is 10.2 Å². The Bertz CT molecular complexity index is 599. The highest BCUT2D eigenvalue weighted by atomic mass is 16.5. The van der Waals surface area contributed by atoms with Gasteiger partial charge in [-0.25, -0.2) is 0 Å². The lowest BCUT2D eigenvalue weighted by molar-refractivity contribution is -0.124. The van der Waals surface area contributed by atoms with Gasteiger partial charge in [0.1, 0.15) is 0 Å². The van der Waals surface area contributed by atoms with Crippen molar-refractivity contribution in [3.8, 4) is 0 Å². The molecular formula is C22H36O4. The minimum absolute atomic E-state index is 0.0347. The normalized spacial score (nSPS) is 38.6. The van der Waals surface area contributed by atoms with Crippen LogP contribution < -0.4 is 0 Å². The van der Waals surface area contributed by atoms with Gasteiger partial charge in [0.05, 0.1) is 0 Å². The highest BCUT2D eigenvalue weighted by molar-refractivity contribution is 6.00. The van der Waals surface area contributed by atoms with Gasteiger partial charge in [0.25, 0.3) is 5.95 Å². The Hall–Kier alpha value is -1.29. The molecule has 0 amide bonds. The monoisotopic (exact) mass is 364 g/mol. The van der Waals surface area contributed by atoms with Gasteiger partial charge in [-0.05, 0) is 74.2 Å². The molecule has 3 aliphatic carbocycles. The van der Waals surface area contributed by atoms with Crippen molar-refractivity contribution >= 4 is 5.78 Å². The summed E-state index contributed by atoms with van der Waals surface area (Å²) in [6, 6.07) is 0. The second-order valence-corrected chi connectivity index (χ2v) is 9.50. The van der Waals surface area contributed by atoms with Crippen molar-refractivity contribution in [2.45, 2.75) is 66.7 Å². The van der Waals surface area contributed by atoms with Gasteiger partial charge >= 0.3 is 0 Å². The van der Waals surface area contributed by atoms with Gasteiger partial charge in [-0.15, -0.1) is 0 Å². The molecule has 3 unspecified atom stereocenters. The van der Waals surface area contributed by atoms with Gasteiger partial charge in [-0.1, -0.05) is 33.3 Å². The molecule has 0 aromatic heterocycles. The van der Waals surface area contributed by atoms with E-state index >= 15 is 0 Å². The predicted octanol–water partition coefficient (Wildman–Crippen LogP) is 4.95. The number of ketones is 1. The van der Waals surface area contributed by atoms with Crippen LogP contribution in [0.2, 0.25) is 0 Å². The van der Waals surface area contributed by atoms with Crippen LogP contribution in [0.15, 0.2) is 23.7 Å². The zero-order valence-electron chi connectivity index (χ0n) is 17.0. The summed E-state index contributed by atoms with van der Waals surface area (Å²) in [6.45, 7) is 14.3. The Balaban J connectivity index is 0.000000552. The first kappa shape index (κ1) is 21.0. The number of rotatable bonds is 1.